The van der Waals surface area contributed by atoms with Crippen LogP contribution in [0.15, 0.2) is 24.3 Å². The fourth-order valence-electron chi connectivity index (χ4n) is 1.52. The third kappa shape index (κ3) is 2.39. The van der Waals surface area contributed by atoms with Gasteiger partial charge in [-0.1, -0.05) is 35.5 Å². The van der Waals surface area contributed by atoms with Gasteiger partial charge in [0.15, 0.2) is 5.78 Å². The zero-order valence-corrected chi connectivity index (χ0v) is 10.1. The van der Waals surface area contributed by atoms with Gasteiger partial charge in [0.05, 0.1) is 11.6 Å². The summed E-state index contributed by atoms with van der Waals surface area (Å²) in [6.45, 7) is 0.759. The molecule has 3 nitrogen and oxygen atoms in total. The molecule has 0 N–H and O–H groups in total. The van der Waals surface area contributed by atoms with Crippen molar-refractivity contribution in [3.05, 3.63) is 34.9 Å². The Morgan fingerprint density at radius 3 is 2.81 bits per heavy atom. The van der Waals surface area contributed by atoms with E-state index in [2.05, 4.69) is 0 Å². The van der Waals surface area contributed by atoms with E-state index in [9.17, 15) is 9.59 Å². The molecule has 0 spiro atoms. The molecule has 1 saturated heterocycles. The third-order valence-corrected chi connectivity index (χ3v) is 3.58. The molecule has 1 amide bonds. The summed E-state index contributed by atoms with van der Waals surface area (Å²) < 4.78 is 0. The van der Waals surface area contributed by atoms with Crippen LogP contribution in [0.1, 0.15) is 10.4 Å². The van der Waals surface area contributed by atoms with Crippen LogP contribution in [-0.2, 0) is 0 Å². The van der Waals surface area contributed by atoms with Crippen molar-refractivity contribution < 1.29 is 9.59 Å². The van der Waals surface area contributed by atoms with Gasteiger partial charge < -0.3 is 4.90 Å². The van der Waals surface area contributed by atoms with Crippen molar-refractivity contribution in [1.29, 1.82) is 0 Å². The molecule has 1 aliphatic rings. The monoisotopic (exact) mass is 255 g/mol. The lowest BCUT2D eigenvalue weighted by molar-refractivity contribution is 0.0956. The van der Waals surface area contributed by atoms with Crippen LogP contribution in [0, 0.1) is 0 Å². The fourth-order valence-corrected chi connectivity index (χ4v) is 2.58. The van der Waals surface area contributed by atoms with E-state index >= 15 is 0 Å². The minimum absolute atomic E-state index is 0.0274. The Balaban J connectivity index is 2.09. The highest BCUT2D eigenvalue weighted by Crippen LogP contribution is 2.20. The maximum absolute atomic E-state index is 11.9. The van der Waals surface area contributed by atoms with Crippen molar-refractivity contribution in [2.75, 3.05) is 18.8 Å². The number of thioether (sulfide) groups is 1. The molecule has 0 radical (unpaired) electrons. The van der Waals surface area contributed by atoms with Gasteiger partial charge in [-0.3, -0.25) is 9.59 Å². The van der Waals surface area contributed by atoms with Crippen molar-refractivity contribution >= 4 is 34.4 Å². The summed E-state index contributed by atoms with van der Waals surface area (Å²) in [5.74, 6) is 0.649. The van der Waals surface area contributed by atoms with Crippen molar-refractivity contribution in [1.82, 2.24) is 4.90 Å². The van der Waals surface area contributed by atoms with Crippen LogP contribution in [0.5, 0.6) is 0 Å². The molecule has 0 atom stereocenters. The molecule has 0 bridgehead atoms. The largest absolute Gasteiger partial charge is 0.325 e. The Labute approximate surface area is 103 Å². The molecule has 5 heteroatoms. The molecule has 16 heavy (non-hydrogen) atoms. The molecule has 1 heterocycles. The Morgan fingerprint density at radius 1 is 1.44 bits per heavy atom. The number of amides is 1. The fraction of sp³-hybridized carbons (Fsp3) is 0.273. The van der Waals surface area contributed by atoms with Crippen LogP contribution in [0.2, 0.25) is 5.02 Å². The van der Waals surface area contributed by atoms with E-state index in [1.54, 1.807) is 29.2 Å². The number of ketones is 1. The zero-order valence-electron chi connectivity index (χ0n) is 8.48. The number of rotatable bonds is 3. The average Bonchev–Trinajstić information content (AvgIpc) is 2.65. The van der Waals surface area contributed by atoms with Crippen LogP contribution in [-0.4, -0.2) is 34.8 Å². The predicted octanol–water partition coefficient (Wildman–Crippen LogP) is 2.69. The topological polar surface area (TPSA) is 37.4 Å². The van der Waals surface area contributed by atoms with E-state index in [0.29, 0.717) is 17.1 Å². The van der Waals surface area contributed by atoms with E-state index in [-0.39, 0.29) is 17.6 Å². The lowest BCUT2D eigenvalue weighted by Crippen LogP contribution is -2.29. The lowest BCUT2D eigenvalue weighted by Gasteiger charge is -2.13. The first-order valence-corrected chi connectivity index (χ1v) is 6.24. The summed E-state index contributed by atoms with van der Waals surface area (Å²) in [6, 6.07) is 6.89. The molecule has 0 aromatic heterocycles. The van der Waals surface area contributed by atoms with Crippen LogP contribution in [0.25, 0.3) is 0 Å². The van der Waals surface area contributed by atoms with E-state index < -0.39 is 0 Å². The highest BCUT2D eigenvalue weighted by molar-refractivity contribution is 8.13. The number of carbonyl (C=O) groups excluding carboxylic acids is 2. The SMILES string of the molecule is O=C(CN1CCSC1=O)c1ccccc1Cl. The second-order valence-electron chi connectivity index (χ2n) is 3.44. The maximum atomic E-state index is 11.9. The Bertz CT molecular complexity index is 436. The van der Waals surface area contributed by atoms with Crippen molar-refractivity contribution in [2.45, 2.75) is 0 Å². The molecule has 84 valence electrons. The van der Waals surface area contributed by atoms with Gasteiger partial charge in [0.1, 0.15) is 0 Å². The van der Waals surface area contributed by atoms with Crippen molar-refractivity contribution in [2.24, 2.45) is 0 Å². The average molecular weight is 256 g/mol. The first-order valence-electron chi connectivity index (χ1n) is 4.88. The molecular weight excluding hydrogens is 246 g/mol. The van der Waals surface area contributed by atoms with Gasteiger partial charge in [-0.05, 0) is 12.1 Å². The zero-order chi connectivity index (χ0) is 11.5. The van der Waals surface area contributed by atoms with Crippen LogP contribution >= 0.6 is 23.4 Å². The molecular formula is C11H10ClNO2S. The highest BCUT2D eigenvalue weighted by atomic mass is 35.5. The van der Waals surface area contributed by atoms with Crippen molar-refractivity contribution in [3.63, 3.8) is 0 Å². The maximum Gasteiger partial charge on any atom is 0.282 e. The smallest absolute Gasteiger partial charge is 0.282 e. The van der Waals surface area contributed by atoms with Gasteiger partial charge in [-0.25, -0.2) is 0 Å². The minimum atomic E-state index is -0.110. The predicted molar refractivity (Wildman–Crippen MR) is 65.2 cm³/mol. The van der Waals surface area contributed by atoms with Gasteiger partial charge in [0, 0.05) is 17.9 Å². The number of nitrogens with zero attached hydrogens (tertiary/aromatic N) is 1. The highest BCUT2D eigenvalue weighted by Gasteiger charge is 2.24. The standard InChI is InChI=1S/C11H10ClNO2S/c12-9-4-2-1-3-8(9)10(14)7-13-5-6-16-11(13)15/h1-4H,5-7H2. The van der Waals surface area contributed by atoms with E-state index in [1.165, 1.54) is 11.8 Å². The number of hydrogen-bond donors (Lipinski definition) is 0. The Morgan fingerprint density at radius 2 is 2.19 bits per heavy atom. The Hall–Kier alpha value is -1.00. The first-order chi connectivity index (χ1) is 7.68. The summed E-state index contributed by atoms with van der Waals surface area (Å²) in [4.78, 5) is 24.8. The quantitative estimate of drug-likeness (QED) is 0.780. The normalized spacial score (nSPS) is 15.6. The van der Waals surface area contributed by atoms with Gasteiger partial charge in [0.2, 0.25) is 0 Å². The van der Waals surface area contributed by atoms with Crippen LogP contribution in [0.4, 0.5) is 4.79 Å². The van der Waals surface area contributed by atoms with Crippen LogP contribution in [0.3, 0.4) is 0 Å². The number of hydrogen-bond acceptors (Lipinski definition) is 3. The summed E-state index contributed by atoms with van der Waals surface area (Å²) in [5, 5.41) is 0.409. The molecule has 0 unspecified atom stereocenters. The molecule has 0 aliphatic carbocycles. The minimum Gasteiger partial charge on any atom is -0.325 e. The summed E-state index contributed by atoms with van der Waals surface area (Å²) >= 11 is 7.16. The molecule has 1 aromatic carbocycles. The first kappa shape index (κ1) is 11.5. The summed E-state index contributed by atoms with van der Waals surface area (Å²) in [6.07, 6.45) is 0. The number of Topliss-reactive ketones (excluding diaryl/α,β-unsaturated/α-hetero) is 1. The van der Waals surface area contributed by atoms with E-state index in [1.807, 2.05) is 0 Å². The number of halogens is 1. The van der Waals surface area contributed by atoms with E-state index in [4.69, 9.17) is 11.6 Å². The van der Waals surface area contributed by atoms with Gasteiger partial charge in [0.25, 0.3) is 5.24 Å². The van der Waals surface area contributed by atoms with Gasteiger partial charge in [-0.15, -0.1) is 0 Å². The lowest BCUT2D eigenvalue weighted by atomic mass is 10.1. The molecule has 1 aliphatic heterocycles. The van der Waals surface area contributed by atoms with Crippen molar-refractivity contribution in [3.8, 4) is 0 Å². The molecule has 2 rings (SSSR count). The molecule has 1 aromatic rings. The second-order valence-corrected chi connectivity index (χ2v) is 4.89. The molecule has 1 fully saturated rings. The third-order valence-electron chi connectivity index (χ3n) is 2.35. The number of carbonyl (C=O) groups is 2. The number of benzene rings is 1. The molecule has 0 saturated carbocycles. The van der Waals surface area contributed by atoms with Crippen LogP contribution < -0.4 is 0 Å². The summed E-state index contributed by atoms with van der Waals surface area (Å²) in [7, 11) is 0. The second kappa shape index (κ2) is 4.89. The summed E-state index contributed by atoms with van der Waals surface area (Å²) in [5.41, 5.74) is 0.480. The van der Waals surface area contributed by atoms with Gasteiger partial charge in [-0.2, -0.15) is 0 Å². The van der Waals surface area contributed by atoms with E-state index in [0.717, 1.165) is 5.75 Å². The van der Waals surface area contributed by atoms with Gasteiger partial charge >= 0.3 is 0 Å². The Kier molecular flexibility index (Phi) is 3.51.